The van der Waals surface area contributed by atoms with Gasteiger partial charge in [0.15, 0.2) is 5.69 Å². The normalized spacial score (nSPS) is 17.7. The molecule has 2 aromatic rings. The Morgan fingerprint density at radius 1 is 1.52 bits per heavy atom. The van der Waals surface area contributed by atoms with Crippen LogP contribution in [0.1, 0.15) is 28.9 Å². The van der Waals surface area contributed by atoms with Gasteiger partial charge >= 0.3 is 5.97 Å². The second-order valence-corrected chi connectivity index (χ2v) is 5.57. The Labute approximate surface area is 133 Å². The Balaban J connectivity index is 1.70. The number of hydrogen-bond donors (Lipinski definition) is 1. The number of anilines is 1. The number of aromatic nitrogens is 4. The topological polar surface area (TPSA) is 108 Å². The summed E-state index contributed by atoms with van der Waals surface area (Å²) in [5.41, 5.74) is 0.524. The zero-order valence-corrected chi connectivity index (χ0v) is 12.5. The SMILES string of the molecule is N#Cc1cccnc1N1CCC[C@@H](Cn2cc(C(=O)O)nn2)C1. The summed E-state index contributed by atoms with van der Waals surface area (Å²) in [7, 11) is 0. The van der Waals surface area contributed by atoms with Gasteiger partial charge in [0.05, 0.1) is 11.8 Å². The number of pyridine rings is 1. The number of nitrogens with zero attached hydrogens (tertiary/aromatic N) is 6. The molecule has 2 aromatic heterocycles. The summed E-state index contributed by atoms with van der Waals surface area (Å²) in [5, 5.41) is 25.6. The minimum Gasteiger partial charge on any atom is -0.476 e. The van der Waals surface area contributed by atoms with Crippen molar-refractivity contribution in [2.45, 2.75) is 19.4 Å². The molecule has 3 heterocycles. The number of aromatic carboxylic acids is 1. The summed E-state index contributed by atoms with van der Waals surface area (Å²) >= 11 is 0. The largest absolute Gasteiger partial charge is 0.476 e. The summed E-state index contributed by atoms with van der Waals surface area (Å²) < 4.78 is 1.57. The minimum atomic E-state index is -1.08. The van der Waals surface area contributed by atoms with Crippen LogP contribution in [0.25, 0.3) is 0 Å². The number of nitriles is 1. The highest BCUT2D eigenvalue weighted by molar-refractivity contribution is 5.84. The quantitative estimate of drug-likeness (QED) is 0.902. The molecule has 118 valence electrons. The maximum absolute atomic E-state index is 10.9. The van der Waals surface area contributed by atoms with E-state index < -0.39 is 5.97 Å². The zero-order chi connectivity index (χ0) is 16.2. The van der Waals surface area contributed by atoms with Crippen molar-refractivity contribution in [1.82, 2.24) is 20.0 Å². The Morgan fingerprint density at radius 3 is 3.13 bits per heavy atom. The molecule has 3 rings (SSSR count). The van der Waals surface area contributed by atoms with Crippen LogP contribution in [0, 0.1) is 17.2 Å². The van der Waals surface area contributed by atoms with E-state index in [-0.39, 0.29) is 5.69 Å². The van der Waals surface area contributed by atoms with Crippen LogP contribution in [0.15, 0.2) is 24.5 Å². The van der Waals surface area contributed by atoms with Crippen LogP contribution >= 0.6 is 0 Å². The fourth-order valence-electron chi connectivity index (χ4n) is 2.89. The minimum absolute atomic E-state index is 0.0471. The lowest BCUT2D eigenvalue weighted by Gasteiger charge is -2.33. The molecular weight excluding hydrogens is 296 g/mol. The number of carboxylic acid groups (broad SMARTS) is 1. The standard InChI is InChI=1S/C15H16N6O2/c16-7-12-4-1-5-17-14(12)20-6-2-3-11(8-20)9-21-10-13(15(22)23)18-19-21/h1,4-5,10-11H,2-3,6,8-9H2,(H,22,23)/t11-/m1/s1. The van der Waals surface area contributed by atoms with Crippen molar-refractivity contribution < 1.29 is 9.90 Å². The van der Waals surface area contributed by atoms with E-state index in [0.717, 1.165) is 25.9 Å². The van der Waals surface area contributed by atoms with E-state index in [1.54, 1.807) is 23.0 Å². The molecule has 0 spiro atoms. The zero-order valence-electron chi connectivity index (χ0n) is 12.5. The summed E-state index contributed by atoms with van der Waals surface area (Å²) in [6, 6.07) is 5.70. The smallest absolute Gasteiger partial charge is 0.358 e. The third-order valence-electron chi connectivity index (χ3n) is 3.93. The number of piperidine rings is 1. The summed E-state index contributed by atoms with van der Waals surface area (Å²) in [4.78, 5) is 17.3. The molecule has 0 amide bonds. The number of rotatable bonds is 4. The van der Waals surface area contributed by atoms with Gasteiger partial charge in [0.25, 0.3) is 0 Å². The third-order valence-corrected chi connectivity index (χ3v) is 3.93. The summed E-state index contributed by atoms with van der Waals surface area (Å²) in [6.07, 6.45) is 5.15. The van der Waals surface area contributed by atoms with Gasteiger partial charge in [-0.05, 0) is 30.9 Å². The molecule has 0 radical (unpaired) electrons. The van der Waals surface area contributed by atoms with Gasteiger partial charge in [-0.2, -0.15) is 5.26 Å². The molecule has 1 aliphatic heterocycles. The molecule has 8 heteroatoms. The maximum atomic E-state index is 10.9. The molecule has 1 aliphatic rings. The average Bonchev–Trinajstić information content (AvgIpc) is 3.04. The molecule has 0 bridgehead atoms. The molecule has 0 unspecified atom stereocenters. The lowest BCUT2D eigenvalue weighted by molar-refractivity contribution is 0.0690. The average molecular weight is 312 g/mol. The van der Waals surface area contributed by atoms with Gasteiger partial charge in [-0.15, -0.1) is 5.10 Å². The molecule has 1 N–H and O–H groups in total. The van der Waals surface area contributed by atoms with Crippen LogP contribution < -0.4 is 4.90 Å². The van der Waals surface area contributed by atoms with Crippen LogP contribution in [-0.2, 0) is 6.54 Å². The Kier molecular flexibility index (Phi) is 4.19. The Morgan fingerprint density at radius 2 is 2.39 bits per heavy atom. The van der Waals surface area contributed by atoms with Gasteiger partial charge in [0.2, 0.25) is 0 Å². The highest BCUT2D eigenvalue weighted by Gasteiger charge is 2.23. The van der Waals surface area contributed by atoms with E-state index in [4.69, 9.17) is 5.11 Å². The molecule has 8 nitrogen and oxygen atoms in total. The van der Waals surface area contributed by atoms with Gasteiger partial charge in [-0.1, -0.05) is 5.21 Å². The highest BCUT2D eigenvalue weighted by atomic mass is 16.4. The van der Waals surface area contributed by atoms with E-state index in [0.29, 0.717) is 23.8 Å². The fraction of sp³-hybridized carbons (Fsp3) is 0.400. The van der Waals surface area contributed by atoms with Gasteiger partial charge < -0.3 is 10.0 Å². The molecule has 1 fully saturated rings. The molecular formula is C15H16N6O2. The second kappa shape index (κ2) is 6.44. The van der Waals surface area contributed by atoms with Crippen LogP contribution in [-0.4, -0.2) is 44.1 Å². The van der Waals surface area contributed by atoms with Crippen molar-refractivity contribution in [3.63, 3.8) is 0 Å². The predicted molar refractivity (Wildman–Crippen MR) is 80.9 cm³/mol. The van der Waals surface area contributed by atoms with Crippen molar-refractivity contribution >= 4 is 11.8 Å². The number of hydrogen-bond acceptors (Lipinski definition) is 6. The molecule has 23 heavy (non-hydrogen) atoms. The van der Waals surface area contributed by atoms with Crippen LogP contribution in [0.4, 0.5) is 5.82 Å². The van der Waals surface area contributed by atoms with Crippen molar-refractivity contribution in [1.29, 1.82) is 5.26 Å². The molecule has 0 saturated carbocycles. The van der Waals surface area contributed by atoms with E-state index in [9.17, 15) is 10.1 Å². The van der Waals surface area contributed by atoms with Gasteiger partial charge in [0.1, 0.15) is 11.9 Å². The van der Waals surface area contributed by atoms with Gasteiger partial charge in [-0.25, -0.2) is 9.78 Å². The molecule has 0 aliphatic carbocycles. The van der Waals surface area contributed by atoms with Crippen LogP contribution in [0.3, 0.4) is 0 Å². The van der Waals surface area contributed by atoms with Crippen molar-refractivity contribution in [2.24, 2.45) is 5.92 Å². The number of carboxylic acids is 1. The van der Waals surface area contributed by atoms with Crippen molar-refractivity contribution in [3.8, 4) is 6.07 Å². The first-order chi connectivity index (χ1) is 11.2. The highest BCUT2D eigenvalue weighted by Crippen LogP contribution is 2.24. The first-order valence-corrected chi connectivity index (χ1v) is 7.41. The van der Waals surface area contributed by atoms with Crippen LogP contribution in [0.2, 0.25) is 0 Å². The predicted octanol–water partition coefficient (Wildman–Crippen LogP) is 1.16. The number of carbonyl (C=O) groups is 1. The molecule has 0 aromatic carbocycles. The van der Waals surface area contributed by atoms with Crippen molar-refractivity contribution in [2.75, 3.05) is 18.0 Å². The van der Waals surface area contributed by atoms with Crippen molar-refractivity contribution in [3.05, 3.63) is 35.8 Å². The maximum Gasteiger partial charge on any atom is 0.358 e. The van der Waals surface area contributed by atoms with E-state index in [1.165, 1.54) is 6.20 Å². The first-order valence-electron chi connectivity index (χ1n) is 7.41. The second-order valence-electron chi connectivity index (χ2n) is 5.57. The summed E-state index contributed by atoms with van der Waals surface area (Å²) in [6.45, 7) is 2.22. The first kappa shape index (κ1) is 15.0. The monoisotopic (exact) mass is 312 g/mol. The molecule has 1 saturated heterocycles. The van der Waals surface area contributed by atoms with E-state index >= 15 is 0 Å². The fourth-order valence-corrected chi connectivity index (χ4v) is 2.89. The lowest BCUT2D eigenvalue weighted by Crippen LogP contribution is -2.38. The van der Waals surface area contributed by atoms with E-state index in [1.807, 2.05) is 0 Å². The summed E-state index contributed by atoms with van der Waals surface area (Å²) in [5.74, 6) is -0.0566. The van der Waals surface area contributed by atoms with E-state index in [2.05, 4.69) is 26.3 Å². The van der Waals surface area contributed by atoms with Crippen LogP contribution in [0.5, 0.6) is 0 Å². The van der Waals surface area contributed by atoms with Gasteiger partial charge in [-0.3, -0.25) is 4.68 Å². The Bertz CT molecular complexity index is 750. The lowest BCUT2D eigenvalue weighted by atomic mass is 9.97. The molecule has 1 atom stereocenters. The Hall–Kier alpha value is -2.95. The third kappa shape index (κ3) is 3.29. The van der Waals surface area contributed by atoms with Gasteiger partial charge in [0, 0.05) is 25.8 Å².